The first-order chi connectivity index (χ1) is 9.78. The minimum Gasteiger partial charge on any atom is -0.251 e. The van der Waals surface area contributed by atoms with Crippen LogP contribution in [0.3, 0.4) is 0 Å². The number of hydrogen-bond acceptors (Lipinski definition) is 4. The highest BCUT2D eigenvalue weighted by atomic mass is 32.2. The first-order valence-electron chi connectivity index (χ1n) is 5.70. The summed E-state index contributed by atoms with van der Waals surface area (Å²) in [5.41, 5.74) is -1.32. The van der Waals surface area contributed by atoms with E-state index in [0.717, 1.165) is 12.1 Å². The van der Waals surface area contributed by atoms with Gasteiger partial charge >= 0.3 is 6.18 Å². The Kier molecular flexibility index (Phi) is 4.12. The Balaban J connectivity index is 2.26. The van der Waals surface area contributed by atoms with E-state index in [4.69, 9.17) is 0 Å². The lowest BCUT2D eigenvalue weighted by Crippen LogP contribution is -2.19. The van der Waals surface area contributed by atoms with Crippen LogP contribution in [0.1, 0.15) is 11.1 Å². The largest absolute Gasteiger partial charge is 0.416 e. The molecule has 0 atom stereocenters. The summed E-state index contributed by atoms with van der Waals surface area (Å²) < 4.78 is 64.2. The molecule has 2 rings (SSSR count). The molecule has 0 bridgehead atoms. The minimum absolute atomic E-state index is 0.193. The summed E-state index contributed by atoms with van der Waals surface area (Å²) in [6.45, 7) is 0. The summed E-state index contributed by atoms with van der Waals surface area (Å²) >= 11 is 0. The van der Waals surface area contributed by atoms with Gasteiger partial charge in [0.2, 0.25) is 16.0 Å². The van der Waals surface area contributed by atoms with Crippen molar-refractivity contribution in [2.24, 2.45) is 0 Å². The fourth-order valence-electron chi connectivity index (χ4n) is 1.65. The molecule has 1 aromatic carbocycles. The van der Waals surface area contributed by atoms with Crippen molar-refractivity contribution in [1.29, 1.82) is 0 Å². The van der Waals surface area contributed by atoms with Crippen LogP contribution < -0.4 is 4.72 Å². The zero-order valence-corrected chi connectivity index (χ0v) is 11.3. The smallest absolute Gasteiger partial charge is 0.251 e. The van der Waals surface area contributed by atoms with E-state index in [1.54, 1.807) is 0 Å². The molecule has 112 valence electrons. The van der Waals surface area contributed by atoms with Crippen LogP contribution in [0.4, 0.5) is 19.1 Å². The van der Waals surface area contributed by atoms with Crippen LogP contribution in [0.15, 0.2) is 42.7 Å². The average Bonchev–Trinajstić information content (AvgIpc) is 2.38. The van der Waals surface area contributed by atoms with Crippen LogP contribution in [0, 0.1) is 0 Å². The van der Waals surface area contributed by atoms with Gasteiger partial charge in [-0.05, 0) is 17.7 Å². The van der Waals surface area contributed by atoms with Crippen molar-refractivity contribution in [2.75, 3.05) is 4.72 Å². The number of sulfonamides is 1. The molecule has 0 aliphatic rings. The van der Waals surface area contributed by atoms with Gasteiger partial charge < -0.3 is 0 Å². The van der Waals surface area contributed by atoms with Crippen molar-refractivity contribution in [3.63, 3.8) is 0 Å². The van der Waals surface area contributed by atoms with Gasteiger partial charge in [-0.1, -0.05) is 18.2 Å². The molecule has 9 heteroatoms. The van der Waals surface area contributed by atoms with E-state index >= 15 is 0 Å². The van der Waals surface area contributed by atoms with Gasteiger partial charge in [0, 0.05) is 12.4 Å². The Labute approximate surface area is 118 Å². The van der Waals surface area contributed by atoms with Crippen molar-refractivity contribution >= 4 is 16.0 Å². The Bertz CT molecular complexity index is 718. The maximum Gasteiger partial charge on any atom is 0.416 e. The third-order valence-electron chi connectivity index (χ3n) is 2.48. The number of halogens is 3. The molecule has 0 amide bonds. The molecular weight excluding hydrogens is 307 g/mol. The standard InChI is InChI=1S/C12H10F3N3O2S/c13-12(14,15)10-5-2-1-4-9(10)8-21(19,20)18-11-16-6-3-7-17-11/h1-7H,8H2,(H,16,17,18). The quantitative estimate of drug-likeness (QED) is 0.940. The Morgan fingerprint density at radius 2 is 1.67 bits per heavy atom. The molecule has 0 unspecified atom stereocenters. The van der Waals surface area contributed by atoms with Crippen molar-refractivity contribution in [3.05, 3.63) is 53.9 Å². The van der Waals surface area contributed by atoms with Crippen molar-refractivity contribution in [3.8, 4) is 0 Å². The third-order valence-corrected chi connectivity index (χ3v) is 3.67. The van der Waals surface area contributed by atoms with E-state index in [-0.39, 0.29) is 11.5 Å². The van der Waals surface area contributed by atoms with Gasteiger partial charge in [0.1, 0.15) is 0 Å². The normalized spacial score (nSPS) is 12.1. The summed E-state index contributed by atoms with van der Waals surface area (Å²) in [5, 5.41) is 0. The van der Waals surface area contributed by atoms with Crippen LogP contribution in [-0.2, 0) is 22.0 Å². The Morgan fingerprint density at radius 3 is 2.29 bits per heavy atom. The Morgan fingerprint density at radius 1 is 1.05 bits per heavy atom. The zero-order valence-electron chi connectivity index (χ0n) is 10.5. The van der Waals surface area contributed by atoms with Crippen LogP contribution in [0.25, 0.3) is 0 Å². The summed E-state index contributed by atoms with van der Waals surface area (Å²) in [5.74, 6) is -1.01. The lowest BCUT2D eigenvalue weighted by molar-refractivity contribution is -0.138. The molecule has 21 heavy (non-hydrogen) atoms. The van der Waals surface area contributed by atoms with Crippen LogP contribution in [0.5, 0.6) is 0 Å². The molecule has 0 spiro atoms. The number of benzene rings is 1. The summed E-state index contributed by atoms with van der Waals surface area (Å²) in [4.78, 5) is 7.31. The van der Waals surface area contributed by atoms with Crippen molar-refractivity contribution in [2.45, 2.75) is 11.9 Å². The third kappa shape index (κ3) is 4.15. The second-order valence-corrected chi connectivity index (χ2v) is 5.81. The molecule has 1 heterocycles. The van der Waals surface area contributed by atoms with Gasteiger partial charge in [0.25, 0.3) is 0 Å². The second-order valence-electron chi connectivity index (χ2n) is 4.09. The van der Waals surface area contributed by atoms with Crippen LogP contribution in [-0.4, -0.2) is 18.4 Å². The van der Waals surface area contributed by atoms with Gasteiger partial charge in [0.05, 0.1) is 11.3 Å². The predicted octanol–water partition coefficient (Wildman–Crippen LogP) is 2.44. The molecule has 0 saturated carbocycles. The van der Waals surface area contributed by atoms with Gasteiger partial charge in [-0.15, -0.1) is 0 Å². The number of alkyl halides is 3. The average molecular weight is 317 g/mol. The van der Waals surface area contributed by atoms with Crippen LogP contribution >= 0.6 is 0 Å². The van der Waals surface area contributed by atoms with Crippen molar-refractivity contribution < 1.29 is 21.6 Å². The molecule has 5 nitrogen and oxygen atoms in total. The highest BCUT2D eigenvalue weighted by Gasteiger charge is 2.34. The SMILES string of the molecule is O=S(=O)(Cc1ccccc1C(F)(F)F)Nc1ncccn1. The van der Waals surface area contributed by atoms with Gasteiger partial charge in [-0.3, -0.25) is 4.72 Å². The predicted molar refractivity (Wildman–Crippen MR) is 69.7 cm³/mol. The maximum atomic E-state index is 12.8. The molecular formula is C12H10F3N3O2S. The zero-order chi connectivity index (χ0) is 15.5. The number of nitrogens with one attached hydrogen (secondary N) is 1. The summed E-state index contributed by atoms with van der Waals surface area (Å²) in [6.07, 6.45) is -1.99. The number of aromatic nitrogens is 2. The Hall–Kier alpha value is -2.16. The van der Waals surface area contributed by atoms with E-state index in [2.05, 4.69) is 9.97 Å². The van der Waals surface area contributed by atoms with E-state index < -0.39 is 27.5 Å². The first kappa shape index (κ1) is 15.2. The summed E-state index contributed by atoms with van der Waals surface area (Å²) in [6, 6.07) is 5.99. The second kappa shape index (κ2) is 5.68. The lowest BCUT2D eigenvalue weighted by Gasteiger charge is -2.13. The minimum atomic E-state index is -4.62. The molecule has 1 aromatic heterocycles. The number of anilines is 1. The fourth-order valence-corrected chi connectivity index (χ4v) is 2.77. The fraction of sp³-hybridized carbons (Fsp3) is 0.167. The van der Waals surface area contributed by atoms with Gasteiger partial charge in [-0.25, -0.2) is 18.4 Å². The lowest BCUT2D eigenvalue weighted by atomic mass is 10.1. The molecule has 0 radical (unpaired) electrons. The molecule has 0 fully saturated rings. The van der Waals surface area contributed by atoms with E-state index in [1.807, 2.05) is 4.72 Å². The number of nitrogens with zero attached hydrogens (tertiary/aromatic N) is 2. The molecule has 0 aliphatic carbocycles. The van der Waals surface area contributed by atoms with Crippen molar-refractivity contribution in [1.82, 2.24) is 9.97 Å². The van der Waals surface area contributed by atoms with Gasteiger partial charge in [-0.2, -0.15) is 13.2 Å². The number of rotatable bonds is 4. The molecule has 2 aromatic rings. The summed E-state index contributed by atoms with van der Waals surface area (Å²) in [7, 11) is -4.05. The van der Waals surface area contributed by atoms with E-state index in [1.165, 1.54) is 30.6 Å². The van der Waals surface area contributed by atoms with Crippen LogP contribution in [0.2, 0.25) is 0 Å². The maximum absolute atomic E-state index is 12.8. The molecule has 0 aliphatic heterocycles. The molecule has 0 saturated heterocycles. The van der Waals surface area contributed by atoms with E-state index in [0.29, 0.717) is 0 Å². The highest BCUT2D eigenvalue weighted by Crippen LogP contribution is 2.32. The highest BCUT2D eigenvalue weighted by molar-refractivity contribution is 7.91. The van der Waals surface area contributed by atoms with Gasteiger partial charge in [0.15, 0.2) is 0 Å². The topological polar surface area (TPSA) is 72.0 Å². The number of hydrogen-bond donors (Lipinski definition) is 1. The first-order valence-corrected chi connectivity index (χ1v) is 7.36. The van der Waals surface area contributed by atoms with E-state index in [9.17, 15) is 21.6 Å². The monoisotopic (exact) mass is 317 g/mol. The molecule has 1 N–H and O–H groups in total.